The highest BCUT2D eigenvalue weighted by molar-refractivity contribution is 6.29. The van der Waals surface area contributed by atoms with E-state index in [2.05, 4.69) is 6.07 Å². The van der Waals surface area contributed by atoms with Crippen molar-refractivity contribution in [3.8, 4) is 0 Å². The summed E-state index contributed by atoms with van der Waals surface area (Å²) < 4.78 is 0. The van der Waals surface area contributed by atoms with Crippen molar-refractivity contribution in [2.24, 2.45) is 0 Å². The van der Waals surface area contributed by atoms with E-state index in [1.54, 1.807) is 4.90 Å². The Morgan fingerprint density at radius 2 is 2.29 bits per heavy atom. The van der Waals surface area contributed by atoms with E-state index in [4.69, 9.17) is 11.6 Å². The van der Waals surface area contributed by atoms with E-state index in [0.717, 1.165) is 12.1 Å². The standard InChI is InChI=1S/C11H12ClNO/c1-8-6-9-4-2-3-5-10(9)13(8)11(14)7-12/h2-5,8H,6-7H2,1H3/t8-/m0/s1. The lowest BCUT2D eigenvalue weighted by atomic mass is 10.1. The van der Waals surface area contributed by atoms with Crippen LogP contribution < -0.4 is 4.90 Å². The van der Waals surface area contributed by atoms with Crippen molar-refractivity contribution in [2.45, 2.75) is 19.4 Å². The van der Waals surface area contributed by atoms with E-state index in [1.807, 2.05) is 25.1 Å². The molecule has 0 bridgehead atoms. The predicted molar refractivity (Wildman–Crippen MR) is 57.8 cm³/mol. The van der Waals surface area contributed by atoms with E-state index in [-0.39, 0.29) is 17.8 Å². The monoisotopic (exact) mass is 209 g/mol. The Morgan fingerprint density at radius 1 is 1.57 bits per heavy atom. The molecule has 3 heteroatoms. The maximum atomic E-state index is 11.6. The minimum Gasteiger partial charge on any atom is -0.308 e. The number of anilines is 1. The lowest BCUT2D eigenvalue weighted by molar-refractivity contribution is -0.116. The highest BCUT2D eigenvalue weighted by Gasteiger charge is 2.29. The zero-order valence-corrected chi connectivity index (χ0v) is 8.79. The third-order valence-electron chi connectivity index (χ3n) is 2.59. The van der Waals surface area contributed by atoms with Crippen LogP contribution in [-0.2, 0) is 11.2 Å². The molecule has 0 radical (unpaired) electrons. The Morgan fingerprint density at radius 3 is 3.00 bits per heavy atom. The molecule has 0 saturated heterocycles. The molecule has 0 aliphatic carbocycles. The van der Waals surface area contributed by atoms with Crippen molar-refractivity contribution >= 4 is 23.2 Å². The van der Waals surface area contributed by atoms with Crippen LogP contribution in [-0.4, -0.2) is 17.8 Å². The molecule has 14 heavy (non-hydrogen) atoms. The largest absolute Gasteiger partial charge is 0.308 e. The molecule has 0 N–H and O–H groups in total. The number of hydrogen-bond acceptors (Lipinski definition) is 1. The summed E-state index contributed by atoms with van der Waals surface area (Å²) in [6.45, 7) is 2.05. The molecule has 0 saturated carbocycles. The van der Waals surface area contributed by atoms with Crippen LogP contribution in [0.3, 0.4) is 0 Å². The van der Waals surface area contributed by atoms with Gasteiger partial charge in [0, 0.05) is 11.7 Å². The van der Waals surface area contributed by atoms with Crippen LogP contribution in [0, 0.1) is 0 Å². The van der Waals surface area contributed by atoms with Gasteiger partial charge in [0.15, 0.2) is 0 Å². The number of rotatable bonds is 1. The van der Waals surface area contributed by atoms with Crippen LogP contribution in [0.25, 0.3) is 0 Å². The first-order valence-corrected chi connectivity index (χ1v) is 5.23. The topological polar surface area (TPSA) is 20.3 Å². The van der Waals surface area contributed by atoms with E-state index in [0.29, 0.717) is 0 Å². The average molecular weight is 210 g/mol. The van der Waals surface area contributed by atoms with Crippen molar-refractivity contribution in [3.05, 3.63) is 29.8 Å². The van der Waals surface area contributed by atoms with Crippen molar-refractivity contribution in [1.29, 1.82) is 0 Å². The van der Waals surface area contributed by atoms with Gasteiger partial charge in [0.05, 0.1) is 0 Å². The fourth-order valence-electron chi connectivity index (χ4n) is 2.01. The number of hydrogen-bond donors (Lipinski definition) is 0. The summed E-state index contributed by atoms with van der Waals surface area (Å²) in [7, 11) is 0. The number of nitrogens with zero attached hydrogens (tertiary/aromatic N) is 1. The van der Waals surface area contributed by atoms with Crippen LogP contribution in [0.1, 0.15) is 12.5 Å². The normalized spacial score (nSPS) is 19.6. The van der Waals surface area contributed by atoms with Crippen LogP contribution in [0.5, 0.6) is 0 Å². The van der Waals surface area contributed by atoms with Gasteiger partial charge in [-0.15, -0.1) is 11.6 Å². The summed E-state index contributed by atoms with van der Waals surface area (Å²) in [6, 6.07) is 8.22. The Labute approximate surface area is 88.5 Å². The molecule has 1 aromatic carbocycles. The lowest BCUT2D eigenvalue weighted by Crippen LogP contribution is -2.36. The molecule has 0 unspecified atom stereocenters. The molecule has 1 heterocycles. The predicted octanol–water partition coefficient (Wildman–Crippen LogP) is 2.20. The third-order valence-corrected chi connectivity index (χ3v) is 2.82. The second-order valence-corrected chi connectivity index (χ2v) is 3.85. The minimum atomic E-state index is -0.0101. The van der Waals surface area contributed by atoms with Gasteiger partial charge in [0.25, 0.3) is 0 Å². The van der Waals surface area contributed by atoms with Gasteiger partial charge >= 0.3 is 0 Å². The fourth-order valence-corrected chi connectivity index (χ4v) is 2.14. The number of benzene rings is 1. The smallest absolute Gasteiger partial charge is 0.242 e. The number of carbonyl (C=O) groups is 1. The van der Waals surface area contributed by atoms with Gasteiger partial charge in [-0.3, -0.25) is 4.79 Å². The molecule has 0 spiro atoms. The second kappa shape index (κ2) is 3.62. The second-order valence-electron chi connectivity index (χ2n) is 3.58. The first kappa shape index (κ1) is 9.53. The molecule has 2 nitrogen and oxygen atoms in total. The first-order chi connectivity index (χ1) is 6.74. The van der Waals surface area contributed by atoms with Gasteiger partial charge in [0.1, 0.15) is 5.88 Å². The molecule has 1 aliphatic rings. The van der Waals surface area contributed by atoms with Crippen molar-refractivity contribution in [2.75, 3.05) is 10.8 Å². The van der Waals surface area contributed by atoms with E-state index < -0.39 is 0 Å². The zero-order valence-electron chi connectivity index (χ0n) is 8.03. The van der Waals surface area contributed by atoms with Crippen molar-refractivity contribution in [1.82, 2.24) is 0 Å². The van der Waals surface area contributed by atoms with Crippen LogP contribution in [0.2, 0.25) is 0 Å². The summed E-state index contributed by atoms with van der Waals surface area (Å²) in [5, 5.41) is 0. The maximum absolute atomic E-state index is 11.6. The summed E-state index contributed by atoms with van der Waals surface area (Å²) >= 11 is 5.57. The van der Waals surface area contributed by atoms with Gasteiger partial charge in [0.2, 0.25) is 5.91 Å². The molecule has 2 rings (SSSR count). The summed E-state index contributed by atoms with van der Waals surface area (Å²) in [6.07, 6.45) is 0.929. The van der Waals surface area contributed by atoms with Crippen LogP contribution >= 0.6 is 11.6 Å². The maximum Gasteiger partial charge on any atom is 0.242 e. The molecule has 1 atom stereocenters. The molecular formula is C11H12ClNO. The minimum absolute atomic E-state index is 0.0101. The molecule has 1 aliphatic heterocycles. The van der Waals surface area contributed by atoms with Gasteiger partial charge < -0.3 is 4.90 Å². The number of fused-ring (bicyclic) bond motifs is 1. The van der Waals surface area contributed by atoms with Gasteiger partial charge in [-0.05, 0) is 25.0 Å². The Bertz CT molecular complexity index is 364. The summed E-state index contributed by atoms with van der Waals surface area (Å²) in [5.74, 6) is 0.0442. The quantitative estimate of drug-likeness (QED) is 0.650. The average Bonchev–Trinajstić information content (AvgIpc) is 2.53. The molecule has 0 aromatic heterocycles. The highest BCUT2D eigenvalue weighted by atomic mass is 35.5. The SMILES string of the molecule is C[C@H]1Cc2ccccc2N1C(=O)CCl. The molecule has 74 valence electrons. The number of carbonyl (C=O) groups excluding carboxylic acids is 1. The van der Waals surface area contributed by atoms with Crippen molar-refractivity contribution in [3.63, 3.8) is 0 Å². The van der Waals surface area contributed by atoms with Crippen molar-refractivity contribution < 1.29 is 4.79 Å². The Balaban J connectivity index is 2.39. The van der Waals surface area contributed by atoms with Gasteiger partial charge in [-0.1, -0.05) is 18.2 Å². The Hall–Kier alpha value is -1.02. The third kappa shape index (κ3) is 1.40. The zero-order chi connectivity index (χ0) is 10.1. The number of amides is 1. The highest BCUT2D eigenvalue weighted by Crippen LogP contribution is 2.31. The summed E-state index contributed by atoms with van der Waals surface area (Å²) in [5.41, 5.74) is 2.25. The number of para-hydroxylation sites is 1. The molecule has 1 aromatic rings. The molecule has 1 amide bonds. The fraction of sp³-hybridized carbons (Fsp3) is 0.364. The molecule has 0 fully saturated rings. The summed E-state index contributed by atoms with van der Waals surface area (Å²) in [4.78, 5) is 13.4. The van der Waals surface area contributed by atoms with Crippen LogP contribution in [0.15, 0.2) is 24.3 Å². The number of alkyl halides is 1. The van der Waals surface area contributed by atoms with Gasteiger partial charge in [-0.25, -0.2) is 0 Å². The van der Waals surface area contributed by atoms with E-state index in [1.165, 1.54) is 5.56 Å². The Kier molecular flexibility index (Phi) is 2.46. The molecular weight excluding hydrogens is 198 g/mol. The number of halogens is 1. The van der Waals surface area contributed by atoms with E-state index >= 15 is 0 Å². The van der Waals surface area contributed by atoms with E-state index in [9.17, 15) is 4.79 Å². The van der Waals surface area contributed by atoms with Gasteiger partial charge in [-0.2, -0.15) is 0 Å². The van der Waals surface area contributed by atoms with Crippen LogP contribution in [0.4, 0.5) is 5.69 Å². The lowest BCUT2D eigenvalue weighted by Gasteiger charge is -2.21. The first-order valence-electron chi connectivity index (χ1n) is 4.70.